The van der Waals surface area contributed by atoms with Crippen molar-refractivity contribution in [3.8, 4) is 0 Å². The molecule has 0 saturated carbocycles. The molecule has 2 aromatic carbocycles. The lowest BCUT2D eigenvalue weighted by molar-refractivity contribution is 0.177. The Hall–Kier alpha value is -2.20. The van der Waals surface area contributed by atoms with Crippen LogP contribution in [0, 0.1) is 18.6 Å². The molecule has 0 amide bonds. The van der Waals surface area contributed by atoms with E-state index in [9.17, 15) is 13.9 Å². The van der Waals surface area contributed by atoms with Crippen LogP contribution < -0.4 is 0 Å². The molecular weight excluding hydrogens is 274 g/mol. The Morgan fingerprint density at radius 3 is 2.62 bits per heavy atom. The lowest BCUT2D eigenvalue weighted by Gasteiger charge is -2.11. The zero-order chi connectivity index (χ0) is 15.0. The van der Waals surface area contributed by atoms with Crippen molar-refractivity contribution < 1.29 is 18.3 Å². The largest absolute Gasteiger partial charge is 0.461 e. The van der Waals surface area contributed by atoms with Gasteiger partial charge in [-0.15, -0.1) is 0 Å². The first-order valence-corrected chi connectivity index (χ1v) is 6.66. The highest BCUT2D eigenvalue weighted by atomic mass is 19.2. The van der Waals surface area contributed by atoms with E-state index in [-0.39, 0.29) is 6.42 Å². The van der Waals surface area contributed by atoms with Crippen LogP contribution >= 0.6 is 0 Å². The van der Waals surface area contributed by atoms with Crippen molar-refractivity contribution >= 4 is 11.0 Å². The van der Waals surface area contributed by atoms with Crippen LogP contribution in [-0.4, -0.2) is 5.11 Å². The number of rotatable bonds is 3. The molecule has 21 heavy (non-hydrogen) atoms. The molecule has 0 bridgehead atoms. The minimum atomic E-state index is -0.909. The van der Waals surface area contributed by atoms with Gasteiger partial charge in [0.1, 0.15) is 11.3 Å². The molecule has 1 unspecified atom stereocenters. The van der Waals surface area contributed by atoms with Crippen molar-refractivity contribution in [2.45, 2.75) is 19.4 Å². The zero-order valence-corrected chi connectivity index (χ0v) is 11.4. The van der Waals surface area contributed by atoms with E-state index in [0.29, 0.717) is 22.5 Å². The van der Waals surface area contributed by atoms with Crippen molar-refractivity contribution in [3.05, 3.63) is 71.0 Å². The molecule has 1 N–H and O–H groups in total. The second-order valence-electron chi connectivity index (χ2n) is 5.04. The maximum atomic E-state index is 13.2. The van der Waals surface area contributed by atoms with Crippen LogP contribution in [0.1, 0.15) is 23.0 Å². The van der Waals surface area contributed by atoms with Gasteiger partial charge in [-0.25, -0.2) is 8.78 Å². The van der Waals surface area contributed by atoms with Gasteiger partial charge in [-0.2, -0.15) is 0 Å². The third kappa shape index (κ3) is 2.54. The third-order valence-corrected chi connectivity index (χ3v) is 3.57. The molecule has 0 spiro atoms. The van der Waals surface area contributed by atoms with Crippen molar-refractivity contribution in [2.75, 3.05) is 0 Å². The van der Waals surface area contributed by atoms with Gasteiger partial charge in [-0.05, 0) is 30.7 Å². The number of para-hydroxylation sites is 1. The van der Waals surface area contributed by atoms with Crippen LogP contribution in [0.4, 0.5) is 8.78 Å². The number of hydrogen-bond donors (Lipinski definition) is 1. The van der Waals surface area contributed by atoms with Gasteiger partial charge in [0.15, 0.2) is 11.6 Å². The minimum Gasteiger partial charge on any atom is -0.461 e. The molecule has 0 saturated heterocycles. The summed E-state index contributed by atoms with van der Waals surface area (Å²) in [7, 11) is 0. The second kappa shape index (κ2) is 5.30. The van der Waals surface area contributed by atoms with Gasteiger partial charge in [0, 0.05) is 17.4 Å². The summed E-state index contributed by atoms with van der Waals surface area (Å²) < 4.78 is 31.8. The van der Waals surface area contributed by atoms with Gasteiger partial charge in [0.25, 0.3) is 0 Å². The Bertz CT molecular complexity index is 793. The van der Waals surface area contributed by atoms with Crippen molar-refractivity contribution in [3.63, 3.8) is 0 Å². The molecule has 0 aliphatic rings. The number of benzene rings is 2. The number of hydrogen-bond acceptors (Lipinski definition) is 2. The molecule has 1 aromatic heterocycles. The normalized spacial score (nSPS) is 12.8. The first-order valence-electron chi connectivity index (χ1n) is 6.66. The van der Waals surface area contributed by atoms with E-state index in [1.54, 1.807) is 6.92 Å². The quantitative estimate of drug-likeness (QED) is 0.779. The highest BCUT2D eigenvalue weighted by Gasteiger charge is 2.19. The number of halogens is 2. The Morgan fingerprint density at radius 2 is 1.86 bits per heavy atom. The van der Waals surface area contributed by atoms with E-state index < -0.39 is 17.7 Å². The molecule has 108 valence electrons. The topological polar surface area (TPSA) is 33.4 Å². The molecule has 4 heteroatoms. The number of aliphatic hydroxyl groups excluding tert-OH is 1. The number of furan rings is 1. The van der Waals surface area contributed by atoms with E-state index >= 15 is 0 Å². The van der Waals surface area contributed by atoms with Crippen LogP contribution in [0.25, 0.3) is 11.0 Å². The molecule has 0 aliphatic heterocycles. The molecule has 3 rings (SSSR count). The number of aliphatic hydroxyl groups is 1. The highest BCUT2D eigenvalue weighted by Crippen LogP contribution is 2.32. The van der Waals surface area contributed by atoms with Crippen LogP contribution in [0.2, 0.25) is 0 Å². The molecule has 3 aromatic rings. The molecular formula is C17H14F2O2. The lowest BCUT2D eigenvalue weighted by atomic mass is 9.99. The molecule has 1 heterocycles. The summed E-state index contributed by atoms with van der Waals surface area (Å²) in [5.41, 5.74) is 1.93. The summed E-state index contributed by atoms with van der Waals surface area (Å²) in [6.07, 6.45) is -0.639. The lowest BCUT2D eigenvalue weighted by Crippen LogP contribution is -2.03. The van der Waals surface area contributed by atoms with Crippen LogP contribution in [0.3, 0.4) is 0 Å². The zero-order valence-electron chi connectivity index (χ0n) is 11.4. The highest BCUT2D eigenvalue weighted by molar-refractivity contribution is 5.82. The minimum absolute atomic E-state index is 0.196. The SMILES string of the molecule is Cc1oc2ccccc2c1C(O)Cc1ccc(F)c(F)c1. The predicted octanol–water partition coefficient (Wildman–Crippen LogP) is 4.30. The maximum absolute atomic E-state index is 13.2. The summed E-state index contributed by atoms with van der Waals surface area (Å²) in [6, 6.07) is 11.1. The van der Waals surface area contributed by atoms with E-state index in [1.807, 2.05) is 24.3 Å². The summed E-state index contributed by atoms with van der Waals surface area (Å²) in [5, 5.41) is 11.3. The summed E-state index contributed by atoms with van der Waals surface area (Å²) in [6.45, 7) is 1.78. The van der Waals surface area contributed by atoms with Gasteiger partial charge in [0.05, 0.1) is 6.10 Å². The first kappa shape index (κ1) is 13.8. The second-order valence-corrected chi connectivity index (χ2v) is 5.04. The van der Waals surface area contributed by atoms with Gasteiger partial charge < -0.3 is 9.52 Å². The van der Waals surface area contributed by atoms with Gasteiger partial charge in [-0.3, -0.25) is 0 Å². The van der Waals surface area contributed by atoms with Crippen LogP contribution in [-0.2, 0) is 6.42 Å². The average molecular weight is 288 g/mol. The maximum Gasteiger partial charge on any atom is 0.159 e. The van der Waals surface area contributed by atoms with E-state index in [4.69, 9.17) is 4.42 Å². The first-order chi connectivity index (χ1) is 10.1. The van der Waals surface area contributed by atoms with E-state index in [1.165, 1.54) is 6.07 Å². The van der Waals surface area contributed by atoms with Gasteiger partial charge in [0.2, 0.25) is 0 Å². The third-order valence-electron chi connectivity index (χ3n) is 3.57. The summed E-state index contributed by atoms with van der Waals surface area (Å²) in [4.78, 5) is 0. The predicted molar refractivity (Wildman–Crippen MR) is 76.0 cm³/mol. The molecule has 1 atom stereocenters. The Labute approximate surface area is 120 Å². The summed E-state index contributed by atoms with van der Waals surface area (Å²) >= 11 is 0. The van der Waals surface area contributed by atoms with Crippen LogP contribution in [0.15, 0.2) is 46.9 Å². The standard InChI is InChI=1S/C17H14F2O2/c1-10-17(12-4-2-3-5-16(12)21-10)15(20)9-11-6-7-13(18)14(19)8-11/h2-8,15,20H,9H2,1H3. The fourth-order valence-electron chi connectivity index (χ4n) is 2.59. The van der Waals surface area contributed by atoms with Gasteiger partial charge >= 0.3 is 0 Å². The van der Waals surface area contributed by atoms with Crippen molar-refractivity contribution in [1.29, 1.82) is 0 Å². The summed E-state index contributed by atoms with van der Waals surface area (Å²) in [5.74, 6) is -1.17. The molecule has 0 fully saturated rings. The monoisotopic (exact) mass is 288 g/mol. The number of aryl methyl sites for hydroxylation is 1. The Balaban J connectivity index is 1.95. The molecule has 2 nitrogen and oxygen atoms in total. The molecule has 0 aliphatic carbocycles. The van der Waals surface area contributed by atoms with Crippen molar-refractivity contribution in [1.82, 2.24) is 0 Å². The van der Waals surface area contributed by atoms with Gasteiger partial charge in [-0.1, -0.05) is 24.3 Å². The molecule has 0 radical (unpaired) electrons. The van der Waals surface area contributed by atoms with Crippen molar-refractivity contribution in [2.24, 2.45) is 0 Å². The van der Waals surface area contributed by atoms with Crippen LogP contribution in [0.5, 0.6) is 0 Å². The number of fused-ring (bicyclic) bond motifs is 1. The average Bonchev–Trinajstić information content (AvgIpc) is 2.78. The Kier molecular flexibility index (Phi) is 3.47. The fourth-order valence-corrected chi connectivity index (χ4v) is 2.59. The fraction of sp³-hybridized carbons (Fsp3) is 0.176. The smallest absolute Gasteiger partial charge is 0.159 e. The Morgan fingerprint density at radius 1 is 1.10 bits per heavy atom. The van der Waals surface area contributed by atoms with E-state index in [2.05, 4.69) is 0 Å². The van der Waals surface area contributed by atoms with E-state index in [0.717, 1.165) is 17.5 Å².